The smallest absolute Gasteiger partial charge is 0.273 e. The van der Waals surface area contributed by atoms with Crippen molar-refractivity contribution in [2.45, 2.75) is 39.2 Å². The second kappa shape index (κ2) is 9.96. The second-order valence-electron chi connectivity index (χ2n) is 8.02. The zero-order valence-electron chi connectivity index (χ0n) is 18.5. The van der Waals surface area contributed by atoms with Gasteiger partial charge in [0, 0.05) is 24.9 Å². The standard InChI is InChI=1S/C24H25N5O3S/c1-2-18(30)13-26-22(31)19-15-33-21-20(19)27-24(28-10-6-3-7-11-28)29(23(21)32)14-17-9-5-4-8-16(17)12-25/h4-5,8-9,15H,2-3,6-7,10-11,13-14H2,1H3,(H,26,31). The van der Waals surface area contributed by atoms with Crippen molar-refractivity contribution in [3.63, 3.8) is 0 Å². The molecule has 0 unspecified atom stereocenters. The Bertz CT molecular complexity index is 1300. The minimum Gasteiger partial charge on any atom is -0.345 e. The van der Waals surface area contributed by atoms with Crippen molar-refractivity contribution in [2.75, 3.05) is 24.5 Å². The van der Waals surface area contributed by atoms with E-state index in [0.717, 1.165) is 37.9 Å². The van der Waals surface area contributed by atoms with Gasteiger partial charge in [0.2, 0.25) is 5.95 Å². The maximum Gasteiger partial charge on any atom is 0.273 e. The summed E-state index contributed by atoms with van der Waals surface area (Å²) in [5, 5.41) is 13.8. The van der Waals surface area contributed by atoms with Crippen molar-refractivity contribution >= 4 is 39.2 Å². The largest absolute Gasteiger partial charge is 0.345 e. The summed E-state index contributed by atoms with van der Waals surface area (Å²) < 4.78 is 2.00. The number of nitrogens with zero attached hydrogens (tertiary/aromatic N) is 4. The van der Waals surface area contributed by atoms with E-state index >= 15 is 0 Å². The number of anilines is 1. The first-order valence-corrected chi connectivity index (χ1v) is 12.0. The predicted molar refractivity (Wildman–Crippen MR) is 128 cm³/mol. The molecule has 1 N–H and O–H groups in total. The first kappa shape index (κ1) is 22.7. The lowest BCUT2D eigenvalue weighted by Crippen LogP contribution is -2.37. The molecule has 1 saturated heterocycles. The highest BCUT2D eigenvalue weighted by atomic mass is 32.1. The maximum atomic E-state index is 13.6. The SMILES string of the molecule is CCC(=O)CNC(=O)c1csc2c(=O)n(Cc3ccccc3C#N)c(N3CCCCC3)nc12. The van der Waals surface area contributed by atoms with Gasteiger partial charge in [-0.2, -0.15) is 5.26 Å². The average molecular weight is 464 g/mol. The molecule has 0 atom stereocenters. The van der Waals surface area contributed by atoms with Gasteiger partial charge >= 0.3 is 0 Å². The van der Waals surface area contributed by atoms with Gasteiger partial charge < -0.3 is 10.2 Å². The monoisotopic (exact) mass is 463 g/mol. The van der Waals surface area contributed by atoms with Crippen LogP contribution in [0.1, 0.15) is 54.1 Å². The number of fused-ring (bicyclic) bond motifs is 1. The van der Waals surface area contributed by atoms with Crippen molar-refractivity contribution in [3.05, 3.63) is 56.7 Å². The van der Waals surface area contributed by atoms with E-state index in [1.54, 1.807) is 29.0 Å². The van der Waals surface area contributed by atoms with Crippen LogP contribution in [-0.2, 0) is 11.3 Å². The van der Waals surface area contributed by atoms with Crippen LogP contribution in [-0.4, -0.2) is 40.9 Å². The number of benzene rings is 1. The van der Waals surface area contributed by atoms with Crippen LogP contribution in [0.4, 0.5) is 5.95 Å². The van der Waals surface area contributed by atoms with Gasteiger partial charge in [0.15, 0.2) is 5.78 Å². The second-order valence-corrected chi connectivity index (χ2v) is 8.90. The number of piperidine rings is 1. The summed E-state index contributed by atoms with van der Waals surface area (Å²) in [6.07, 6.45) is 3.46. The minimum atomic E-state index is -0.410. The molecule has 1 fully saturated rings. The van der Waals surface area contributed by atoms with E-state index in [9.17, 15) is 19.6 Å². The summed E-state index contributed by atoms with van der Waals surface area (Å²) in [4.78, 5) is 44.8. The average Bonchev–Trinajstić information content (AvgIpc) is 3.29. The number of Topliss-reactive ketones (excluding diaryl/α,β-unsaturated/α-hetero) is 1. The summed E-state index contributed by atoms with van der Waals surface area (Å²) >= 11 is 1.17. The van der Waals surface area contributed by atoms with Crippen molar-refractivity contribution in [1.82, 2.24) is 14.9 Å². The number of carbonyl (C=O) groups is 2. The van der Waals surface area contributed by atoms with Gasteiger partial charge in [-0.25, -0.2) is 4.98 Å². The van der Waals surface area contributed by atoms with E-state index in [1.807, 2.05) is 12.1 Å². The highest BCUT2D eigenvalue weighted by Gasteiger charge is 2.24. The number of nitrogens with one attached hydrogen (secondary N) is 1. The Morgan fingerprint density at radius 3 is 2.70 bits per heavy atom. The third-order valence-corrected chi connectivity index (χ3v) is 6.80. The molecule has 1 amide bonds. The number of rotatable bonds is 7. The third-order valence-electron chi connectivity index (χ3n) is 5.85. The molecular weight excluding hydrogens is 438 g/mol. The summed E-state index contributed by atoms with van der Waals surface area (Å²) in [6, 6.07) is 9.41. The zero-order chi connectivity index (χ0) is 23.4. The first-order valence-electron chi connectivity index (χ1n) is 11.1. The quantitative estimate of drug-likeness (QED) is 0.577. The summed E-state index contributed by atoms with van der Waals surface area (Å²) in [5.41, 5.74) is 1.69. The number of amides is 1. The summed E-state index contributed by atoms with van der Waals surface area (Å²) in [5.74, 6) is 0.0347. The molecule has 4 rings (SSSR count). The number of hydrogen-bond acceptors (Lipinski definition) is 7. The fourth-order valence-corrected chi connectivity index (χ4v) is 4.90. The van der Waals surface area contributed by atoms with Crippen LogP contribution < -0.4 is 15.8 Å². The molecule has 1 aliphatic heterocycles. The Kier molecular flexibility index (Phi) is 6.84. The van der Waals surface area contributed by atoms with E-state index in [1.165, 1.54) is 11.3 Å². The van der Waals surface area contributed by atoms with E-state index in [2.05, 4.69) is 16.3 Å². The Morgan fingerprint density at radius 2 is 1.97 bits per heavy atom. The van der Waals surface area contributed by atoms with Crippen LogP contribution in [0.15, 0.2) is 34.4 Å². The van der Waals surface area contributed by atoms with Crippen molar-refractivity contribution in [3.8, 4) is 6.07 Å². The van der Waals surface area contributed by atoms with Crippen LogP contribution in [0, 0.1) is 11.3 Å². The Balaban J connectivity index is 1.81. The van der Waals surface area contributed by atoms with E-state index in [4.69, 9.17) is 4.98 Å². The van der Waals surface area contributed by atoms with Gasteiger partial charge in [-0.3, -0.25) is 19.0 Å². The Morgan fingerprint density at radius 1 is 1.21 bits per heavy atom. The number of nitriles is 1. The number of aromatic nitrogens is 2. The van der Waals surface area contributed by atoms with Crippen molar-refractivity contribution in [1.29, 1.82) is 5.26 Å². The fourth-order valence-electron chi connectivity index (χ4n) is 3.96. The molecule has 1 aliphatic rings. The lowest BCUT2D eigenvalue weighted by Gasteiger charge is -2.29. The molecule has 2 aromatic heterocycles. The molecule has 0 aliphatic carbocycles. The molecule has 9 heteroatoms. The number of ketones is 1. The normalized spacial score (nSPS) is 13.6. The number of thiophene rings is 1. The molecule has 3 heterocycles. The fraction of sp³-hybridized carbons (Fsp3) is 0.375. The summed E-state index contributed by atoms with van der Waals surface area (Å²) in [7, 11) is 0. The van der Waals surface area contributed by atoms with Crippen LogP contribution in [0.3, 0.4) is 0 Å². The van der Waals surface area contributed by atoms with E-state index in [-0.39, 0.29) is 24.4 Å². The van der Waals surface area contributed by atoms with Gasteiger partial charge in [-0.1, -0.05) is 25.1 Å². The van der Waals surface area contributed by atoms with Gasteiger partial charge in [0.25, 0.3) is 11.5 Å². The van der Waals surface area contributed by atoms with Gasteiger partial charge in [-0.15, -0.1) is 11.3 Å². The molecule has 8 nitrogen and oxygen atoms in total. The molecule has 0 radical (unpaired) electrons. The van der Waals surface area contributed by atoms with E-state index < -0.39 is 5.91 Å². The molecule has 0 spiro atoms. The highest BCUT2D eigenvalue weighted by molar-refractivity contribution is 7.17. The molecule has 0 saturated carbocycles. The van der Waals surface area contributed by atoms with Crippen LogP contribution in [0.5, 0.6) is 0 Å². The molecule has 0 bridgehead atoms. The maximum absolute atomic E-state index is 13.6. The Hall–Kier alpha value is -3.51. The van der Waals surface area contributed by atoms with Gasteiger partial charge in [-0.05, 0) is 30.9 Å². The van der Waals surface area contributed by atoms with Crippen LogP contribution in [0.25, 0.3) is 10.2 Å². The molecular formula is C24H25N5O3S. The van der Waals surface area contributed by atoms with Crippen LogP contribution in [0.2, 0.25) is 0 Å². The van der Waals surface area contributed by atoms with E-state index in [0.29, 0.717) is 33.7 Å². The number of carbonyl (C=O) groups excluding carboxylic acids is 2. The molecule has 3 aromatic rings. The predicted octanol–water partition coefficient (Wildman–Crippen LogP) is 3.08. The Labute approximate surface area is 195 Å². The lowest BCUT2D eigenvalue weighted by atomic mass is 10.1. The van der Waals surface area contributed by atoms with Gasteiger partial charge in [0.05, 0.1) is 30.3 Å². The van der Waals surface area contributed by atoms with Crippen LogP contribution >= 0.6 is 11.3 Å². The summed E-state index contributed by atoms with van der Waals surface area (Å²) in [6.45, 7) is 3.46. The minimum absolute atomic E-state index is 0.0480. The lowest BCUT2D eigenvalue weighted by molar-refractivity contribution is -0.117. The molecule has 33 heavy (non-hydrogen) atoms. The van der Waals surface area contributed by atoms with Gasteiger partial charge in [0.1, 0.15) is 10.2 Å². The topological polar surface area (TPSA) is 108 Å². The van der Waals surface area contributed by atoms with Crippen molar-refractivity contribution in [2.24, 2.45) is 0 Å². The zero-order valence-corrected chi connectivity index (χ0v) is 19.3. The first-order chi connectivity index (χ1) is 16.0. The molecule has 1 aromatic carbocycles. The number of hydrogen-bond donors (Lipinski definition) is 1. The molecule has 170 valence electrons. The third kappa shape index (κ3) is 4.66. The highest BCUT2D eigenvalue weighted by Crippen LogP contribution is 2.26. The van der Waals surface area contributed by atoms with Crippen molar-refractivity contribution < 1.29 is 9.59 Å².